The molecule has 3 nitrogen and oxygen atoms in total. The van der Waals surface area contributed by atoms with Gasteiger partial charge in [0.15, 0.2) is 0 Å². The van der Waals surface area contributed by atoms with Gasteiger partial charge in [0, 0.05) is 0 Å². The Labute approximate surface area is 131 Å². The molecule has 1 aromatic carbocycles. The Morgan fingerprint density at radius 3 is 2.29 bits per heavy atom. The molecule has 116 valence electrons. The Kier molecular flexibility index (Phi) is 4.36. The Morgan fingerprint density at radius 2 is 1.86 bits per heavy atom. The van der Waals surface area contributed by atoms with Crippen molar-refractivity contribution < 1.29 is 18.3 Å². The summed E-state index contributed by atoms with van der Waals surface area (Å²) in [6.45, 7) is 0.633. The molecule has 0 radical (unpaired) electrons. The van der Waals surface area contributed by atoms with E-state index in [2.05, 4.69) is 10.1 Å². The van der Waals surface area contributed by atoms with Crippen LogP contribution in [0.15, 0.2) is 24.3 Å². The van der Waals surface area contributed by atoms with Gasteiger partial charge in [-0.05, 0) is 38.0 Å². The monoisotopic (exact) mass is 337 g/mol. The molecule has 1 aliphatic carbocycles. The highest BCUT2D eigenvalue weighted by Crippen LogP contribution is 2.63. The van der Waals surface area contributed by atoms with Crippen molar-refractivity contribution in [3.8, 4) is 5.75 Å². The molecule has 1 saturated carbocycles. The molecule has 1 aromatic rings. The van der Waals surface area contributed by atoms with Crippen LogP contribution < -0.4 is 10.1 Å². The van der Waals surface area contributed by atoms with Gasteiger partial charge in [0.05, 0.1) is 11.5 Å². The van der Waals surface area contributed by atoms with Crippen LogP contribution in [0.1, 0.15) is 31.9 Å². The minimum absolute atomic E-state index is 0.0713. The summed E-state index contributed by atoms with van der Waals surface area (Å²) in [7, 11) is 0. The van der Waals surface area contributed by atoms with E-state index in [4.69, 9.17) is 23.2 Å². The lowest BCUT2D eigenvalue weighted by atomic mass is 10.1. The van der Waals surface area contributed by atoms with Gasteiger partial charge in [-0.25, -0.2) is 0 Å². The van der Waals surface area contributed by atoms with Crippen molar-refractivity contribution in [3.05, 3.63) is 29.8 Å². The number of alkyl halides is 4. The molecule has 1 fully saturated rings. The highest BCUT2D eigenvalue weighted by Gasteiger charge is 2.67. The van der Waals surface area contributed by atoms with Crippen molar-refractivity contribution in [2.75, 3.05) is 0 Å². The molecule has 0 saturated heterocycles. The van der Waals surface area contributed by atoms with E-state index in [9.17, 15) is 13.6 Å². The zero-order valence-corrected chi connectivity index (χ0v) is 13.0. The van der Waals surface area contributed by atoms with Gasteiger partial charge < -0.3 is 10.1 Å². The molecule has 2 rings (SSSR count). The van der Waals surface area contributed by atoms with E-state index in [0.717, 1.165) is 5.56 Å². The van der Waals surface area contributed by atoms with Crippen molar-refractivity contribution in [2.24, 2.45) is 5.41 Å². The number of carbonyl (C=O) groups is 1. The fraction of sp³-hybridized carbons (Fsp3) is 0.500. The number of carbonyl (C=O) groups excluding carboxylic acids is 1. The summed E-state index contributed by atoms with van der Waals surface area (Å²) in [5.74, 6) is -0.158. The standard InChI is InChI=1S/C14H15Cl2F2NO2/c1-8(19-11(20)13(2)7-14(13,15)16)9-3-5-10(6-4-9)21-12(17)18/h3-6,8,12H,7H2,1-2H3,(H,19,20). The Morgan fingerprint density at radius 1 is 1.33 bits per heavy atom. The van der Waals surface area contributed by atoms with E-state index in [0.29, 0.717) is 6.42 Å². The third-order valence-electron chi connectivity index (χ3n) is 3.71. The van der Waals surface area contributed by atoms with Gasteiger partial charge in [0.2, 0.25) is 5.91 Å². The zero-order valence-electron chi connectivity index (χ0n) is 11.5. The normalized spacial score (nSPS) is 24.5. The minimum Gasteiger partial charge on any atom is -0.435 e. The Bertz CT molecular complexity index is 536. The van der Waals surface area contributed by atoms with Gasteiger partial charge in [0.25, 0.3) is 0 Å². The molecule has 0 bridgehead atoms. The first-order chi connectivity index (χ1) is 9.65. The highest BCUT2D eigenvalue weighted by molar-refractivity contribution is 6.53. The average molecular weight is 338 g/mol. The van der Waals surface area contributed by atoms with Crippen LogP contribution in [0.4, 0.5) is 8.78 Å². The molecule has 7 heteroatoms. The zero-order chi connectivity index (χ0) is 15.8. The molecule has 2 unspecified atom stereocenters. The van der Waals surface area contributed by atoms with E-state index < -0.39 is 16.4 Å². The molecular formula is C14H15Cl2F2NO2. The summed E-state index contributed by atoms with van der Waals surface area (Å²) in [6, 6.07) is 5.80. The van der Waals surface area contributed by atoms with E-state index in [1.165, 1.54) is 12.1 Å². The lowest BCUT2D eigenvalue weighted by molar-refractivity contribution is -0.126. The first-order valence-electron chi connectivity index (χ1n) is 6.39. The minimum atomic E-state index is -2.86. The van der Waals surface area contributed by atoms with Crippen molar-refractivity contribution in [3.63, 3.8) is 0 Å². The molecule has 1 N–H and O–H groups in total. The maximum absolute atomic E-state index is 12.1. The SMILES string of the molecule is CC(NC(=O)C1(C)CC1(Cl)Cl)c1ccc(OC(F)F)cc1. The number of hydrogen-bond acceptors (Lipinski definition) is 2. The number of amides is 1. The molecule has 0 spiro atoms. The van der Waals surface area contributed by atoms with Crippen molar-refractivity contribution in [1.82, 2.24) is 5.32 Å². The summed E-state index contributed by atoms with van der Waals surface area (Å²) in [5.41, 5.74) is -0.0210. The number of hydrogen-bond donors (Lipinski definition) is 1. The van der Waals surface area contributed by atoms with Crippen LogP contribution in [0, 0.1) is 5.41 Å². The average Bonchev–Trinajstić information content (AvgIpc) is 2.90. The number of ether oxygens (including phenoxy) is 1. The lowest BCUT2D eigenvalue weighted by Gasteiger charge is -2.19. The molecule has 1 aliphatic rings. The van der Waals surface area contributed by atoms with Crippen molar-refractivity contribution >= 4 is 29.1 Å². The maximum Gasteiger partial charge on any atom is 0.387 e. The molecule has 1 amide bonds. The topological polar surface area (TPSA) is 38.3 Å². The first kappa shape index (κ1) is 16.3. The molecule has 2 atom stereocenters. The maximum atomic E-state index is 12.1. The summed E-state index contributed by atoms with van der Waals surface area (Å²) < 4.78 is 27.4. The number of nitrogens with one attached hydrogen (secondary N) is 1. The Hall–Kier alpha value is -1.07. The van der Waals surface area contributed by atoms with E-state index in [-0.39, 0.29) is 17.7 Å². The van der Waals surface area contributed by atoms with Crippen molar-refractivity contribution in [2.45, 2.75) is 37.3 Å². The summed E-state index contributed by atoms with van der Waals surface area (Å²) >= 11 is 11.9. The van der Waals surface area contributed by atoms with Crippen LogP contribution in [-0.2, 0) is 4.79 Å². The van der Waals surface area contributed by atoms with Gasteiger partial charge in [-0.2, -0.15) is 8.78 Å². The van der Waals surface area contributed by atoms with Crippen LogP contribution in [0.25, 0.3) is 0 Å². The fourth-order valence-corrected chi connectivity index (χ4v) is 2.73. The number of rotatable bonds is 5. The predicted octanol–water partition coefficient (Wildman–Crippen LogP) is 4.05. The molecule has 0 heterocycles. The summed E-state index contributed by atoms with van der Waals surface area (Å²) in [5, 5.41) is 2.82. The largest absolute Gasteiger partial charge is 0.435 e. The van der Waals surface area contributed by atoms with Crippen LogP contribution in [0.3, 0.4) is 0 Å². The second-order valence-corrected chi connectivity index (χ2v) is 6.84. The fourth-order valence-electron chi connectivity index (χ4n) is 2.02. The van der Waals surface area contributed by atoms with E-state index >= 15 is 0 Å². The van der Waals surface area contributed by atoms with Gasteiger partial charge in [0.1, 0.15) is 10.1 Å². The molecular weight excluding hydrogens is 323 g/mol. The van der Waals surface area contributed by atoms with Gasteiger partial charge in [-0.15, -0.1) is 23.2 Å². The van der Waals surface area contributed by atoms with Crippen LogP contribution in [0.2, 0.25) is 0 Å². The number of halogens is 4. The summed E-state index contributed by atoms with van der Waals surface area (Å²) in [4.78, 5) is 12.1. The second kappa shape index (κ2) is 5.61. The number of benzene rings is 1. The lowest BCUT2D eigenvalue weighted by Crippen LogP contribution is -2.35. The van der Waals surface area contributed by atoms with Crippen molar-refractivity contribution in [1.29, 1.82) is 0 Å². The van der Waals surface area contributed by atoms with Gasteiger partial charge >= 0.3 is 6.61 Å². The Balaban J connectivity index is 1.98. The second-order valence-electron chi connectivity index (χ2n) is 5.36. The molecule has 21 heavy (non-hydrogen) atoms. The van der Waals surface area contributed by atoms with Gasteiger partial charge in [-0.3, -0.25) is 4.79 Å². The molecule has 0 aliphatic heterocycles. The molecule has 0 aromatic heterocycles. The van der Waals surface area contributed by atoms with Crippen LogP contribution >= 0.6 is 23.2 Å². The predicted molar refractivity (Wildman–Crippen MR) is 76.8 cm³/mol. The van der Waals surface area contributed by atoms with Crippen LogP contribution in [-0.4, -0.2) is 16.9 Å². The van der Waals surface area contributed by atoms with E-state index in [1.807, 2.05) is 0 Å². The van der Waals surface area contributed by atoms with Crippen LogP contribution in [0.5, 0.6) is 5.75 Å². The third-order valence-corrected chi connectivity index (χ3v) is 4.81. The first-order valence-corrected chi connectivity index (χ1v) is 7.15. The summed E-state index contributed by atoms with van der Waals surface area (Å²) in [6.07, 6.45) is 0.406. The quantitative estimate of drug-likeness (QED) is 0.823. The smallest absolute Gasteiger partial charge is 0.387 e. The van der Waals surface area contributed by atoms with E-state index in [1.54, 1.807) is 26.0 Å². The highest BCUT2D eigenvalue weighted by atomic mass is 35.5. The third kappa shape index (κ3) is 3.40. The van der Waals surface area contributed by atoms with Gasteiger partial charge in [-0.1, -0.05) is 12.1 Å².